The molecule has 3 rings (SSSR count). The van der Waals surface area contributed by atoms with Crippen molar-refractivity contribution in [2.24, 2.45) is 0 Å². The van der Waals surface area contributed by atoms with Gasteiger partial charge in [-0.05, 0) is 37.1 Å². The van der Waals surface area contributed by atoms with Crippen LogP contribution in [0, 0.1) is 6.92 Å². The third-order valence-corrected chi connectivity index (χ3v) is 4.19. The summed E-state index contributed by atoms with van der Waals surface area (Å²) in [5.74, 6) is 1.48. The second-order valence-corrected chi connectivity index (χ2v) is 5.95. The molecule has 0 unspecified atom stereocenters. The molecule has 6 nitrogen and oxygen atoms in total. The molecule has 0 aliphatic heterocycles. The Kier molecular flexibility index (Phi) is 5.63. The van der Waals surface area contributed by atoms with Crippen LogP contribution in [-0.4, -0.2) is 34.1 Å². The molecule has 0 aliphatic carbocycles. The number of carbonyl (C=O) groups is 1. The van der Waals surface area contributed by atoms with Crippen LogP contribution in [0.25, 0.3) is 11.1 Å². The lowest BCUT2D eigenvalue weighted by molar-refractivity contribution is 0.0953. The van der Waals surface area contributed by atoms with Crippen LogP contribution in [-0.2, 0) is 6.54 Å². The van der Waals surface area contributed by atoms with Gasteiger partial charge in [0, 0.05) is 48.9 Å². The van der Waals surface area contributed by atoms with Crippen molar-refractivity contribution >= 4 is 5.91 Å². The first-order chi connectivity index (χ1) is 12.7. The van der Waals surface area contributed by atoms with Crippen LogP contribution in [0.3, 0.4) is 0 Å². The Hall–Kier alpha value is -3.15. The van der Waals surface area contributed by atoms with E-state index in [2.05, 4.69) is 19.9 Å². The number of rotatable bonds is 7. The molecular formula is C20H22N4O2. The maximum atomic E-state index is 12.4. The number of carbonyl (C=O) groups excluding carboxylic acids is 1. The molecular weight excluding hydrogens is 328 g/mol. The van der Waals surface area contributed by atoms with Crippen LogP contribution < -0.4 is 10.1 Å². The number of amides is 1. The van der Waals surface area contributed by atoms with Gasteiger partial charge in [-0.15, -0.1) is 0 Å². The predicted molar refractivity (Wildman–Crippen MR) is 100 cm³/mol. The molecule has 6 heteroatoms. The van der Waals surface area contributed by atoms with Gasteiger partial charge in [-0.1, -0.05) is 12.1 Å². The number of imidazole rings is 1. The molecule has 0 bridgehead atoms. The zero-order chi connectivity index (χ0) is 18.4. The Bertz CT molecular complexity index is 872. The zero-order valence-electron chi connectivity index (χ0n) is 15.0. The Morgan fingerprint density at radius 3 is 2.77 bits per heavy atom. The number of benzene rings is 1. The third-order valence-electron chi connectivity index (χ3n) is 4.19. The average Bonchev–Trinajstić information content (AvgIpc) is 3.10. The van der Waals surface area contributed by atoms with Crippen molar-refractivity contribution in [1.29, 1.82) is 0 Å². The fraction of sp³-hybridized carbons (Fsp3) is 0.250. The molecule has 0 saturated carbocycles. The summed E-state index contributed by atoms with van der Waals surface area (Å²) in [4.78, 5) is 20.8. The highest BCUT2D eigenvalue weighted by atomic mass is 16.5. The van der Waals surface area contributed by atoms with Gasteiger partial charge in [-0.25, -0.2) is 9.97 Å². The summed E-state index contributed by atoms with van der Waals surface area (Å²) in [7, 11) is 1.58. The molecule has 0 radical (unpaired) electrons. The van der Waals surface area contributed by atoms with Crippen molar-refractivity contribution in [1.82, 2.24) is 19.9 Å². The van der Waals surface area contributed by atoms with E-state index in [0.717, 1.165) is 29.9 Å². The van der Waals surface area contributed by atoms with E-state index >= 15 is 0 Å². The first-order valence-electron chi connectivity index (χ1n) is 8.54. The lowest BCUT2D eigenvalue weighted by Crippen LogP contribution is -2.25. The van der Waals surface area contributed by atoms with Crippen molar-refractivity contribution in [2.45, 2.75) is 19.9 Å². The Balaban J connectivity index is 1.58. The molecule has 0 aliphatic rings. The van der Waals surface area contributed by atoms with E-state index in [0.29, 0.717) is 18.0 Å². The summed E-state index contributed by atoms with van der Waals surface area (Å²) in [5.41, 5.74) is 2.52. The number of aryl methyl sites for hydroxylation is 2. The van der Waals surface area contributed by atoms with Crippen LogP contribution in [0.5, 0.6) is 5.88 Å². The smallest absolute Gasteiger partial charge is 0.251 e. The molecule has 0 saturated heterocycles. The van der Waals surface area contributed by atoms with Crippen LogP contribution in [0.15, 0.2) is 55.0 Å². The number of nitrogens with one attached hydrogen (secondary N) is 1. The van der Waals surface area contributed by atoms with Crippen LogP contribution in [0.2, 0.25) is 0 Å². The summed E-state index contributed by atoms with van der Waals surface area (Å²) in [5, 5.41) is 2.97. The Morgan fingerprint density at radius 1 is 1.19 bits per heavy atom. The number of methoxy groups -OCH3 is 1. The van der Waals surface area contributed by atoms with Crippen LogP contribution in [0.4, 0.5) is 0 Å². The van der Waals surface area contributed by atoms with Crippen molar-refractivity contribution in [3.8, 4) is 17.0 Å². The van der Waals surface area contributed by atoms with Crippen LogP contribution >= 0.6 is 0 Å². The van der Waals surface area contributed by atoms with Gasteiger partial charge >= 0.3 is 0 Å². The van der Waals surface area contributed by atoms with Gasteiger partial charge in [0.15, 0.2) is 0 Å². The van der Waals surface area contributed by atoms with E-state index in [9.17, 15) is 4.79 Å². The normalized spacial score (nSPS) is 10.5. The maximum absolute atomic E-state index is 12.4. The van der Waals surface area contributed by atoms with E-state index in [1.807, 2.05) is 43.5 Å². The maximum Gasteiger partial charge on any atom is 0.251 e. The Morgan fingerprint density at radius 2 is 2.08 bits per heavy atom. The van der Waals surface area contributed by atoms with Gasteiger partial charge in [0.2, 0.25) is 5.88 Å². The van der Waals surface area contributed by atoms with Gasteiger partial charge < -0.3 is 14.6 Å². The quantitative estimate of drug-likeness (QED) is 0.665. The minimum absolute atomic E-state index is 0.0735. The first kappa shape index (κ1) is 17.7. The first-order valence-corrected chi connectivity index (χ1v) is 8.54. The van der Waals surface area contributed by atoms with Crippen molar-refractivity contribution in [2.75, 3.05) is 13.7 Å². The van der Waals surface area contributed by atoms with Crippen molar-refractivity contribution in [3.05, 3.63) is 66.4 Å². The molecule has 2 heterocycles. The molecule has 0 fully saturated rings. The van der Waals surface area contributed by atoms with E-state index in [1.54, 1.807) is 25.6 Å². The molecule has 1 aromatic carbocycles. The monoisotopic (exact) mass is 350 g/mol. The minimum Gasteiger partial charge on any atom is -0.481 e. The molecule has 26 heavy (non-hydrogen) atoms. The number of hydrogen-bond donors (Lipinski definition) is 1. The summed E-state index contributed by atoms with van der Waals surface area (Å²) in [6.45, 7) is 3.42. The molecule has 2 aromatic heterocycles. The molecule has 1 amide bonds. The number of nitrogens with zero attached hydrogens (tertiary/aromatic N) is 3. The third kappa shape index (κ3) is 4.27. The molecule has 3 aromatic rings. The fourth-order valence-corrected chi connectivity index (χ4v) is 2.71. The zero-order valence-corrected chi connectivity index (χ0v) is 15.0. The van der Waals surface area contributed by atoms with E-state index in [-0.39, 0.29) is 5.91 Å². The lowest BCUT2D eigenvalue weighted by Gasteiger charge is -2.08. The second-order valence-electron chi connectivity index (χ2n) is 5.95. The number of pyridine rings is 1. The van der Waals surface area contributed by atoms with Gasteiger partial charge in [-0.2, -0.15) is 0 Å². The predicted octanol–water partition coefficient (Wildman–Crippen LogP) is 3.08. The number of hydrogen-bond acceptors (Lipinski definition) is 4. The van der Waals surface area contributed by atoms with Crippen molar-refractivity contribution < 1.29 is 9.53 Å². The largest absolute Gasteiger partial charge is 0.481 e. The standard InChI is InChI=1S/C20H22N4O2/c1-15-21-10-12-24(15)11-4-9-22-20(25)17-6-3-5-16(13-17)18-7-8-19(26-2)23-14-18/h3,5-8,10,12-14H,4,9,11H2,1-2H3,(H,22,25). The van der Waals surface area contributed by atoms with Crippen LogP contribution in [0.1, 0.15) is 22.6 Å². The SMILES string of the molecule is COc1ccc(-c2cccc(C(=O)NCCCn3ccnc3C)c2)cn1. The summed E-state index contributed by atoms with van der Waals surface area (Å²) >= 11 is 0. The summed E-state index contributed by atoms with van der Waals surface area (Å²) in [6.07, 6.45) is 6.32. The molecule has 134 valence electrons. The lowest BCUT2D eigenvalue weighted by atomic mass is 10.0. The summed E-state index contributed by atoms with van der Waals surface area (Å²) in [6, 6.07) is 11.3. The molecule has 1 N–H and O–H groups in total. The second kappa shape index (κ2) is 8.29. The van der Waals surface area contributed by atoms with E-state index in [1.165, 1.54) is 0 Å². The van der Waals surface area contributed by atoms with Crippen molar-refractivity contribution in [3.63, 3.8) is 0 Å². The van der Waals surface area contributed by atoms with Gasteiger partial charge in [0.05, 0.1) is 7.11 Å². The minimum atomic E-state index is -0.0735. The average molecular weight is 350 g/mol. The fourth-order valence-electron chi connectivity index (χ4n) is 2.71. The van der Waals surface area contributed by atoms with E-state index in [4.69, 9.17) is 4.74 Å². The number of aromatic nitrogens is 3. The van der Waals surface area contributed by atoms with Gasteiger partial charge in [0.1, 0.15) is 5.82 Å². The summed E-state index contributed by atoms with van der Waals surface area (Å²) < 4.78 is 7.15. The highest BCUT2D eigenvalue weighted by Crippen LogP contribution is 2.21. The Labute approximate surface area is 152 Å². The van der Waals surface area contributed by atoms with E-state index < -0.39 is 0 Å². The number of ether oxygens (including phenoxy) is 1. The molecule has 0 spiro atoms. The van der Waals surface area contributed by atoms with Gasteiger partial charge in [0.25, 0.3) is 5.91 Å². The highest BCUT2D eigenvalue weighted by Gasteiger charge is 2.07. The van der Waals surface area contributed by atoms with Gasteiger partial charge in [-0.3, -0.25) is 4.79 Å². The highest BCUT2D eigenvalue weighted by molar-refractivity contribution is 5.95. The molecule has 0 atom stereocenters. The topological polar surface area (TPSA) is 69.0 Å².